The van der Waals surface area contributed by atoms with Gasteiger partial charge in [0.05, 0.1) is 5.41 Å². The molecule has 10 atom stereocenters. The van der Waals surface area contributed by atoms with Crippen molar-refractivity contribution in [2.75, 3.05) is 0 Å². The van der Waals surface area contributed by atoms with Crippen molar-refractivity contribution in [3.8, 4) is 0 Å². The van der Waals surface area contributed by atoms with Crippen LogP contribution in [0, 0.1) is 56.7 Å². The Bertz CT molecular complexity index is 1080. The minimum atomic E-state index is -1.15. The van der Waals surface area contributed by atoms with E-state index >= 15 is 0 Å². The highest BCUT2D eigenvalue weighted by Crippen LogP contribution is 2.77. The van der Waals surface area contributed by atoms with E-state index < -0.39 is 29.7 Å². The summed E-state index contributed by atoms with van der Waals surface area (Å²) >= 11 is 0. The monoisotopic (exact) mass is 542 g/mol. The molecule has 5 aliphatic rings. The normalized spacial score (nSPS) is 48.1. The Morgan fingerprint density at radius 2 is 1.51 bits per heavy atom. The molecule has 0 aromatic rings. The average molecular weight is 543 g/mol. The predicted octanol–water partition coefficient (Wildman–Crippen LogP) is 7.12. The predicted molar refractivity (Wildman–Crippen MR) is 149 cm³/mol. The van der Waals surface area contributed by atoms with Crippen LogP contribution in [0.15, 0.2) is 12.2 Å². The summed E-state index contributed by atoms with van der Waals surface area (Å²) in [7, 11) is 0. The topological polar surface area (TPSA) is 101 Å². The Hall–Kier alpha value is -1.85. The third kappa shape index (κ3) is 3.81. The lowest BCUT2D eigenvalue weighted by atomic mass is 9.32. The van der Waals surface area contributed by atoms with Crippen molar-refractivity contribution in [1.29, 1.82) is 0 Å². The van der Waals surface area contributed by atoms with E-state index in [1.165, 1.54) is 0 Å². The molecule has 0 aliphatic heterocycles. The molecule has 218 valence electrons. The zero-order chi connectivity index (χ0) is 28.8. The quantitative estimate of drug-likeness (QED) is 0.218. The molecule has 0 amide bonds. The summed E-state index contributed by atoms with van der Waals surface area (Å²) in [5.74, 6) is -0.577. The van der Waals surface area contributed by atoms with Crippen LogP contribution in [-0.4, -0.2) is 34.2 Å². The van der Waals surface area contributed by atoms with Crippen molar-refractivity contribution in [2.45, 2.75) is 118 Å². The largest absolute Gasteiger partial charge is 0.481 e. The van der Waals surface area contributed by atoms with E-state index in [9.17, 15) is 19.5 Å². The lowest BCUT2D eigenvalue weighted by Gasteiger charge is -2.72. The second-order valence-electron chi connectivity index (χ2n) is 15.6. The Morgan fingerprint density at radius 3 is 2.13 bits per heavy atom. The molecule has 2 N–H and O–H groups in total. The van der Waals surface area contributed by atoms with Crippen molar-refractivity contribution in [2.24, 2.45) is 56.7 Å². The van der Waals surface area contributed by atoms with Gasteiger partial charge in [-0.15, -0.1) is 0 Å². The van der Waals surface area contributed by atoms with Gasteiger partial charge in [-0.1, -0.05) is 46.8 Å². The molecular weight excluding hydrogens is 492 g/mol. The maximum absolute atomic E-state index is 12.8. The van der Waals surface area contributed by atoms with E-state index in [1.54, 1.807) is 0 Å². The standard InChI is InChI=1S/C33H50O6/c1-19(2)20-10-15-33(28(37)38)17-16-31(6)21(27(20)33)8-9-23-30(5)13-12-24(39-26(36)18-25(34)35)29(3,4)22(30)11-14-32(23,31)7/h20-24,27H,1,8-18H2,2-7H3,(H,34,35)(H,37,38)/t20-,21+,22?,23+,24-,27+,30-,31+,32+,33-/m0/s1. The van der Waals surface area contributed by atoms with Crippen molar-refractivity contribution in [3.05, 3.63) is 12.2 Å². The first-order chi connectivity index (χ1) is 18.0. The van der Waals surface area contributed by atoms with Crippen molar-refractivity contribution < 1.29 is 29.3 Å². The van der Waals surface area contributed by atoms with Gasteiger partial charge in [0.15, 0.2) is 0 Å². The number of fused-ring (bicyclic) bond motifs is 7. The maximum Gasteiger partial charge on any atom is 0.317 e. The number of ether oxygens (including phenoxy) is 1. The summed E-state index contributed by atoms with van der Waals surface area (Å²) in [6, 6.07) is 0. The van der Waals surface area contributed by atoms with Gasteiger partial charge >= 0.3 is 17.9 Å². The van der Waals surface area contributed by atoms with Crippen LogP contribution in [-0.2, 0) is 19.1 Å². The molecule has 0 aromatic heterocycles. The van der Waals surface area contributed by atoms with Crippen LogP contribution < -0.4 is 0 Å². The number of esters is 1. The van der Waals surface area contributed by atoms with Gasteiger partial charge in [0.2, 0.25) is 0 Å². The number of carbonyl (C=O) groups excluding carboxylic acids is 1. The minimum Gasteiger partial charge on any atom is -0.481 e. The second kappa shape index (κ2) is 9.08. The highest BCUT2D eigenvalue weighted by molar-refractivity contribution is 5.90. The highest BCUT2D eigenvalue weighted by Gasteiger charge is 2.72. The van der Waals surface area contributed by atoms with Crippen molar-refractivity contribution in [1.82, 2.24) is 0 Å². The minimum absolute atomic E-state index is 0.0838. The third-order valence-corrected chi connectivity index (χ3v) is 14.0. The van der Waals surface area contributed by atoms with Crippen LogP contribution >= 0.6 is 0 Å². The fourth-order valence-electron chi connectivity index (χ4n) is 12.0. The third-order valence-electron chi connectivity index (χ3n) is 14.0. The summed E-state index contributed by atoms with van der Waals surface area (Å²) in [4.78, 5) is 36.2. The Morgan fingerprint density at radius 1 is 0.821 bits per heavy atom. The van der Waals surface area contributed by atoms with Gasteiger partial charge in [0, 0.05) is 5.41 Å². The fourth-order valence-corrected chi connectivity index (χ4v) is 12.0. The molecule has 6 heteroatoms. The Kier molecular flexibility index (Phi) is 6.67. The van der Waals surface area contributed by atoms with E-state index in [4.69, 9.17) is 9.84 Å². The number of carbonyl (C=O) groups is 3. The summed E-state index contributed by atoms with van der Waals surface area (Å²) in [6.07, 6.45) is 8.76. The number of rotatable bonds is 5. The number of carboxylic acid groups (broad SMARTS) is 2. The number of hydrogen-bond acceptors (Lipinski definition) is 4. The SMILES string of the molecule is C=C(C)[C@@H]1CC[C@]2(C(=O)O)CC[C@]3(C)[C@H](CC[C@@H]4[C@@]5(C)CC[C@H](OC(=O)CC(=O)O)C(C)(C)C5CC[C@]43C)[C@@H]12. The summed E-state index contributed by atoms with van der Waals surface area (Å²) < 4.78 is 5.81. The van der Waals surface area contributed by atoms with Crippen LogP contribution in [0.1, 0.15) is 112 Å². The number of allylic oxidation sites excluding steroid dienone is 1. The summed E-state index contributed by atoms with van der Waals surface area (Å²) in [5, 5.41) is 19.6. The van der Waals surface area contributed by atoms with Gasteiger partial charge < -0.3 is 14.9 Å². The summed E-state index contributed by atoms with van der Waals surface area (Å²) in [5.41, 5.74) is 0.634. The molecule has 6 nitrogen and oxygen atoms in total. The number of hydrogen-bond donors (Lipinski definition) is 2. The molecule has 0 radical (unpaired) electrons. The van der Waals surface area contributed by atoms with Gasteiger partial charge in [0.25, 0.3) is 0 Å². The van der Waals surface area contributed by atoms with E-state index in [-0.39, 0.29) is 33.7 Å². The first-order valence-electron chi connectivity index (χ1n) is 15.3. The molecule has 5 aliphatic carbocycles. The average Bonchev–Trinajstić information content (AvgIpc) is 3.22. The summed E-state index contributed by atoms with van der Waals surface area (Å²) in [6.45, 7) is 18.4. The smallest absolute Gasteiger partial charge is 0.317 e. The second-order valence-corrected chi connectivity index (χ2v) is 15.6. The zero-order valence-corrected chi connectivity index (χ0v) is 25.0. The molecule has 1 unspecified atom stereocenters. The highest BCUT2D eigenvalue weighted by atomic mass is 16.5. The van der Waals surface area contributed by atoms with Gasteiger partial charge in [-0.25, -0.2) is 0 Å². The fraction of sp³-hybridized carbons (Fsp3) is 0.848. The van der Waals surface area contributed by atoms with E-state index in [2.05, 4.69) is 48.1 Å². The molecule has 0 bridgehead atoms. The molecular formula is C33H50O6. The molecule has 0 heterocycles. The molecule has 0 aromatic carbocycles. The zero-order valence-electron chi connectivity index (χ0n) is 25.0. The van der Waals surface area contributed by atoms with Gasteiger partial charge in [-0.05, 0) is 117 Å². The molecule has 5 fully saturated rings. The van der Waals surface area contributed by atoms with Crippen LogP contribution in [0.2, 0.25) is 0 Å². The molecule has 0 saturated heterocycles. The first kappa shape index (κ1) is 28.7. The van der Waals surface area contributed by atoms with Crippen LogP contribution in [0.4, 0.5) is 0 Å². The van der Waals surface area contributed by atoms with Crippen LogP contribution in [0.25, 0.3) is 0 Å². The molecule has 0 spiro atoms. The maximum atomic E-state index is 12.8. The van der Waals surface area contributed by atoms with Gasteiger partial charge in [0.1, 0.15) is 12.5 Å². The molecule has 5 saturated carbocycles. The van der Waals surface area contributed by atoms with Crippen molar-refractivity contribution >= 4 is 17.9 Å². The Balaban J connectivity index is 1.46. The first-order valence-corrected chi connectivity index (χ1v) is 15.3. The lowest BCUT2D eigenvalue weighted by molar-refractivity contribution is -0.250. The van der Waals surface area contributed by atoms with E-state index in [0.29, 0.717) is 23.7 Å². The van der Waals surface area contributed by atoms with Gasteiger partial charge in [-0.3, -0.25) is 14.4 Å². The number of aliphatic carboxylic acids is 2. The van der Waals surface area contributed by atoms with Crippen LogP contribution in [0.3, 0.4) is 0 Å². The number of carboxylic acids is 2. The van der Waals surface area contributed by atoms with E-state index in [1.807, 2.05) is 0 Å². The van der Waals surface area contributed by atoms with E-state index in [0.717, 1.165) is 69.8 Å². The van der Waals surface area contributed by atoms with Crippen LogP contribution in [0.5, 0.6) is 0 Å². The molecule has 39 heavy (non-hydrogen) atoms. The Labute approximate surface area is 234 Å². The van der Waals surface area contributed by atoms with Crippen molar-refractivity contribution in [3.63, 3.8) is 0 Å². The lowest BCUT2D eigenvalue weighted by Crippen LogP contribution is -2.67. The van der Waals surface area contributed by atoms with Gasteiger partial charge in [-0.2, -0.15) is 0 Å². The molecule has 5 rings (SSSR count).